The zero-order valence-electron chi connectivity index (χ0n) is 10.4. The van der Waals surface area contributed by atoms with E-state index in [2.05, 4.69) is 4.98 Å². The summed E-state index contributed by atoms with van der Waals surface area (Å²) in [5.41, 5.74) is 5.95. The van der Waals surface area contributed by atoms with Crippen molar-refractivity contribution in [2.24, 2.45) is 5.73 Å². The second kappa shape index (κ2) is 5.86. The van der Waals surface area contributed by atoms with Crippen molar-refractivity contribution in [2.75, 3.05) is 6.61 Å². The van der Waals surface area contributed by atoms with Gasteiger partial charge in [-0.2, -0.15) is 4.98 Å². The third-order valence-corrected chi connectivity index (χ3v) is 2.95. The standard InChI is InChI=1S/C12H18N2O4/c1-2-16-11(15)10-7-17-12(14-10)18-9-5-3-8(13)4-6-9/h7-9H,2-6,13H2,1H3. The third-order valence-electron chi connectivity index (χ3n) is 2.95. The highest BCUT2D eigenvalue weighted by atomic mass is 16.6. The maximum absolute atomic E-state index is 11.4. The first-order chi connectivity index (χ1) is 8.69. The van der Waals surface area contributed by atoms with Crippen LogP contribution >= 0.6 is 0 Å². The summed E-state index contributed by atoms with van der Waals surface area (Å²) in [6.07, 6.45) is 5.10. The first-order valence-corrected chi connectivity index (χ1v) is 6.24. The maximum Gasteiger partial charge on any atom is 0.394 e. The Bertz CT molecular complexity index is 397. The van der Waals surface area contributed by atoms with Gasteiger partial charge >= 0.3 is 12.0 Å². The van der Waals surface area contributed by atoms with Crippen LogP contribution in [0.2, 0.25) is 0 Å². The zero-order valence-corrected chi connectivity index (χ0v) is 10.4. The van der Waals surface area contributed by atoms with E-state index in [4.69, 9.17) is 19.6 Å². The molecule has 6 heteroatoms. The van der Waals surface area contributed by atoms with E-state index < -0.39 is 5.97 Å². The molecule has 2 N–H and O–H groups in total. The molecule has 0 atom stereocenters. The molecule has 1 aliphatic carbocycles. The summed E-state index contributed by atoms with van der Waals surface area (Å²) < 4.78 is 15.5. The van der Waals surface area contributed by atoms with Gasteiger partial charge in [0.2, 0.25) is 0 Å². The van der Waals surface area contributed by atoms with Gasteiger partial charge in [0.25, 0.3) is 0 Å². The van der Waals surface area contributed by atoms with E-state index in [1.807, 2.05) is 0 Å². The third kappa shape index (κ3) is 3.22. The summed E-state index contributed by atoms with van der Waals surface area (Å²) in [5.74, 6) is -0.498. The fraction of sp³-hybridized carbons (Fsp3) is 0.667. The maximum atomic E-state index is 11.4. The van der Waals surface area contributed by atoms with Crippen LogP contribution in [0.3, 0.4) is 0 Å². The number of hydrogen-bond donors (Lipinski definition) is 1. The van der Waals surface area contributed by atoms with Gasteiger partial charge in [-0.05, 0) is 32.6 Å². The fourth-order valence-electron chi connectivity index (χ4n) is 1.96. The SMILES string of the molecule is CCOC(=O)c1coc(OC2CCC(N)CC2)n1. The zero-order chi connectivity index (χ0) is 13.0. The molecule has 1 saturated carbocycles. The molecule has 0 radical (unpaired) electrons. The average Bonchev–Trinajstić information content (AvgIpc) is 2.81. The molecule has 18 heavy (non-hydrogen) atoms. The number of nitrogens with two attached hydrogens (primary N) is 1. The summed E-state index contributed by atoms with van der Waals surface area (Å²) in [4.78, 5) is 15.3. The first kappa shape index (κ1) is 12.9. The van der Waals surface area contributed by atoms with Crippen LogP contribution < -0.4 is 10.5 Å². The number of aromatic nitrogens is 1. The van der Waals surface area contributed by atoms with Crippen molar-refractivity contribution in [1.82, 2.24) is 4.98 Å². The van der Waals surface area contributed by atoms with Gasteiger partial charge < -0.3 is 19.6 Å². The minimum absolute atomic E-state index is 0.0681. The smallest absolute Gasteiger partial charge is 0.394 e. The summed E-state index contributed by atoms with van der Waals surface area (Å²) in [6, 6.07) is 0.268. The highest BCUT2D eigenvalue weighted by molar-refractivity contribution is 5.86. The van der Waals surface area contributed by atoms with Crippen LogP contribution in [0.15, 0.2) is 10.7 Å². The highest BCUT2D eigenvalue weighted by Crippen LogP contribution is 2.22. The minimum atomic E-state index is -0.498. The minimum Gasteiger partial charge on any atom is -0.461 e. The number of hydrogen-bond acceptors (Lipinski definition) is 6. The topological polar surface area (TPSA) is 87.6 Å². The van der Waals surface area contributed by atoms with E-state index in [0.29, 0.717) is 6.61 Å². The molecule has 0 bridgehead atoms. The average molecular weight is 254 g/mol. The number of oxazole rings is 1. The number of carbonyl (C=O) groups excluding carboxylic acids is 1. The van der Waals surface area contributed by atoms with Gasteiger partial charge in [-0.1, -0.05) is 0 Å². The molecule has 0 saturated heterocycles. The Balaban J connectivity index is 1.88. The van der Waals surface area contributed by atoms with Crippen molar-refractivity contribution in [3.8, 4) is 6.08 Å². The molecule has 0 spiro atoms. The largest absolute Gasteiger partial charge is 0.461 e. The van der Waals surface area contributed by atoms with Crippen molar-refractivity contribution in [2.45, 2.75) is 44.8 Å². The van der Waals surface area contributed by atoms with Crippen LogP contribution in [-0.2, 0) is 4.74 Å². The van der Waals surface area contributed by atoms with Crippen LogP contribution in [0, 0.1) is 0 Å². The van der Waals surface area contributed by atoms with Crippen LogP contribution in [-0.4, -0.2) is 29.7 Å². The molecule has 1 aromatic heterocycles. The predicted octanol–water partition coefficient (Wildman–Crippen LogP) is 1.50. The predicted molar refractivity (Wildman–Crippen MR) is 63.3 cm³/mol. The fourth-order valence-corrected chi connectivity index (χ4v) is 1.96. The number of esters is 1. The van der Waals surface area contributed by atoms with E-state index in [0.717, 1.165) is 25.7 Å². The van der Waals surface area contributed by atoms with Crippen LogP contribution in [0.5, 0.6) is 6.08 Å². The molecule has 1 aromatic rings. The number of rotatable bonds is 4. The van der Waals surface area contributed by atoms with E-state index in [9.17, 15) is 4.79 Å². The molecular weight excluding hydrogens is 236 g/mol. The Morgan fingerprint density at radius 3 is 2.89 bits per heavy atom. The molecule has 1 fully saturated rings. The molecule has 0 aromatic carbocycles. The lowest BCUT2D eigenvalue weighted by Gasteiger charge is -2.24. The molecule has 0 unspecified atom stereocenters. The van der Waals surface area contributed by atoms with Gasteiger partial charge in [0, 0.05) is 6.04 Å². The van der Waals surface area contributed by atoms with Gasteiger partial charge in [-0.15, -0.1) is 0 Å². The van der Waals surface area contributed by atoms with Gasteiger partial charge in [0.1, 0.15) is 12.4 Å². The van der Waals surface area contributed by atoms with Crippen molar-refractivity contribution in [3.05, 3.63) is 12.0 Å². The molecule has 0 aliphatic heterocycles. The summed E-state index contributed by atoms with van der Waals surface area (Å²) in [5, 5.41) is 0. The van der Waals surface area contributed by atoms with Crippen LogP contribution in [0.25, 0.3) is 0 Å². The molecule has 1 heterocycles. The van der Waals surface area contributed by atoms with Gasteiger partial charge in [-0.25, -0.2) is 4.79 Å². The van der Waals surface area contributed by atoms with Crippen LogP contribution in [0.4, 0.5) is 0 Å². The second-order valence-electron chi connectivity index (χ2n) is 4.37. The van der Waals surface area contributed by atoms with Crippen molar-refractivity contribution in [3.63, 3.8) is 0 Å². The number of nitrogens with zero attached hydrogens (tertiary/aromatic N) is 1. The van der Waals surface area contributed by atoms with Gasteiger partial charge in [0.15, 0.2) is 5.69 Å². The van der Waals surface area contributed by atoms with Crippen molar-refractivity contribution >= 4 is 5.97 Å². The van der Waals surface area contributed by atoms with Gasteiger partial charge in [0.05, 0.1) is 6.61 Å². The normalized spacial score (nSPS) is 23.7. The Hall–Kier alpha value is -1.56. The Morgan fingerprint density at radius 2 is 2.22 bits per heavy atom. The summed E-state index contributed by atoms with van der Waals surface area (Å²) >= 11 is 0. The van der Waals surface area contributed by atoms with Crippen molar-refractivity contribution in [1.29, 1.82) is 0 Å². The lowest BCUT2D eigenvalue weighted by Crippen LogP contribution is -2.31. The molecule has 100 valence electrons. The van der Waals surface area contributed by atoms with E-state index >= 15 is 0 Å². The number of carbonyl (C=O) groups is 1. The van der Waals surface area contributed by atoms with Gasteiger partial charge in [-0.3, -0.25) is 0 Å². The quantitative estimate of drug-likeness (QED) is 0.819. The lowest BCUT2D eigenvalue weighted by molar-refractivity contribution is 0.0518. The van der Waals surface area contributed by atoms with E-state index in [1.54, 1.807) is 6.92 Å². The summed E-state index contributed by atoms with van der Waals surface area (Å²) in [6.45, 7) is 2.04. The van der Waals surface area contributed by atoms with E-state index in [1.165, 1.54) is 6.26 Å². The Morgan fingerprint density at radius 1 is 1.50 bits per heavy atom. The Kier molecular flexibility index (Phi) is 4.19. The molecule has 6 nitrogen and oxygen atoms in total. The first-order valence-electron chi connectivity index (χ1n) is 6.24. The van der Waals surface area contributed by atoms with E-state index in [-0.39, 0.29) is 23.9 Å². The lowest BCUT2D eigenvalue weighted by atomic mass is 9.94. The molecular formula is C12H18N2O4. The highest BCUT2D eigenvalue weighted by Gasteiger charge is 2.22. The second-order valence-corrected chi connectivity index (χ2v) is 4.37. The molecule has 0 amide bonds. The van der Waals surface area contributed by atoms with Crippen LogP contribution in [0.1, 0.15) is 43.1 Å². The molecule has 1 aliphatic rings. The Labute approximate surface area is 105 Å². The molecule has 2 rings (SSSR count). The van der Waals surface area contributed by atoms with Crippen molar-refractivity contribution < 1.29 is 18.7 Å². The monoisotopic (exact) mass is 254 g/mol. The summed E-state index contributed by atoms with van der Waals surface area (Å²) in [7, 11) is 0. The number of ether oxygens (including phenoxy) is 2.